The monoisotopic (exact) mass is 911 g/mol. The zero-order valence-corrected chi connectivity index (χ0v) is 41.2. The minimum Gasteiger partial charge on any atom is -0.374 e. The van der Waals surface area contributed by atoms with Crippen LogP contribution in [-0.4, -0.2) is 43.4 Å². The van der Waals surface area contributed by atoms with Crippen molar-refractivity contribution in [1.29, 1.82) is 0 Å². The zero-order chi connectivity index (χ0) is 45.9. The molecular weight excluding hydrogens is 829 g/mol. The molecule has 1 heterocycles. The summed E-state index contributed by atoms with van der Waals surface area (Å²) < 4.78 is 42.2. The fourth-order valence-corrected chi connectivity index (χ4v) is 14.1. The second kappa shape index (κ2) is 23.5. The van der Waals surface area contributed by atoms with Crippen LogP contribution in [0.1, 0.15) is 146 Å². The van der Waals surface area contributed by atoms with Crippen LogP contribution >= 0.6 is 0 Å². The maximum Gasteiger partial charge on any atom is 0.187 e. The third-order valence-electron chi connectivity index (χ3n) is 17.9. The van der Waals surface area contributed by atoms with Gasteiger partial charge >= 0.3 is 0 Å². The van der Waals surface area contributed by atoms with Crippen molar-refractivity contribution in [2.24, 2.45) is 40.4 Å². The number of unbranched alkanes of at least 4 members (excludes halogenated alkanes) is 5. The second-order valence-electron chi connectivity index (χ2n) is 21.9. The Kier molecular flexibility index (Phi) is 17.1. The minimum atomic E-state index is -0.658. The summed E-state index contributed by atoms with van der Waals surface area (Å²) in [5.41, 5.74) is 5.33. The molecule has 6 nitrogen and oxygen atoms in total. The molecule has 0 spiro atoms. The molecular formula is C61H82O6. The molecule has 5 fully saturated rings. The highest BCUT2D eigenvalue weighted by Gasteiger charge is 2.60. The molecule has 9 rings (SSSR count). The highest BCUT2D eigenvalue weighted by molar-refractivity contribution is 5.17. The van der Waals surface area contributed by atoms with Gasteiger partial charge in [0.1, 0.15) is 24.4 Å². The van der Waals surface area contributed by atoms with E-state index >= 15 is 0 Å². The Hall–Kier alpha value is -3.36. The maximum atomic E-state index is 7.38. The number of rotatable bonds is 22. The summed E-state index contributed by atoms with van der Waals surface area (Å²) in [6.45, 7) is 9.80. The van der Waals surface area contributed by atoms with Crippen LogP contribution in [0.25, 0.3) is 0 Å². The fraction of sp³-hybridized carbons (Fsp3) is 0.607. The van der Waals surface area contributed by atoms with Crippen molar-refractivity contribution < 1.29 is 28.4 Å². The number of hydrogen-bond acceptors (Lipinski definition) is 6. The van der Waals surface area contributed by atoms with Crippen molar-refractivity contribution in [3.8, 4) is 0 Å². The van der Waals surface area contributed by atoms with E-state index in [0.29, 0.717) is 49.8 Å². The molecule has 0 bridgehead atoms. The summed E-state index contributed by atoms with van der Waals surface area (Å²) >= 11 is 0. The maximum absolute atomic E-state index is 7.38. The largest absolute Gasteiger partial charge is 0.374 e. The first-order valence-corrected chi connectivity index (χ1v) is 26.8. The molecule has 4 aromatic rings. The molecule has 13 atom stereocenters. The van der Waals surface area contributed by atoms with E-state index in [9.17, 15) is 0 Å². The number of hydrogen-bond donors (Lipinski definition) is 0. The molecule has 0 N–H and O–H groups in total. The van der Waals surface area contributed by atoms with Crippen LogP contribution in [0.15, 0.2) is 121 Å². The van der Waals surface area contributed by atoms with Gasteiger partial charge in [-0.3, -0.25) is 0 Å². The number of benzene rings is 4. The molecule has 4 aromatic carbocycles. The summed E-state index contributed by atoms with van der Waals surface area (Å²) in [6.07, 6.45) is 19.2. The second-order valence-corrected chi connectivity index (χ2v) is 21.9. The Morgan fingerprint density at radius 3 is 1.69 bits per heavy atom. The first kappa shape index (κ1) is 48.7. The van der Waals surface area contributed by atoms with Crippen molar-refractivity contribution in [2.75, 3.05) is 6.61 Å². The lowest BCUT2D eigenvalue weighted by Gasteiger charge is -2.61. The van der Waals surface area contributed by atoms with Gasteiger partial charge in [0.2, 0.25) is 0 Å². The molecule has 67 heavy (non-hydrogen) atoms. The molecule has 0 radical (unpaired) electrons. The van der Waals surface area contributed by atoms with Gasteiger partial charge in [-0.05, 0) is 127 Å². The van der Waals surface area contributed by atoms with E-state index in [2.05, 4.69) is 124 Å². The van der Waals surface area contributed by atoms with Gasteiger partial charge in [-0.25, -0.2) is 0 Å². The van der Waals surface area contributed by atoms with Gasteiger partial charge in [0, 0.05) is 0 Å². The first-order chi connectivity index (χ1) is 32.9. The van der Waals surface area contributed by atoms with E-state index in [-0.39, 0.29) is 6.10 Å². The van der Waals surface area contributed by atoms with E-state index in [0.717, 1.165) is 58.8 Å². The van der Waals surface area contributed by atoms with Crippen LogP contribution < -0.4 is 0 Å². The third kappa shape index (κ3) is 11.8. The third-order valence-corrected chi connectivity index (χ3v) is 17.9. The van der Waals surface area contributed by atoms with E-state index in [1.54, 1.807) is 0 Å². The quantitative estimate of drug-likeness (QED) is 0.0578. The SMILES string of the molecule is CCCCCCCC[C@H]1CCC2C3CCC4CC(OC5OC(COCc6ccccc6)[C@H](OCc6ccccc6)[C@H](OCc6ccccc6)C5OCc5ccccc5)CC[C@]4(C)C3CC[C@@]21C. The van der Waals surface area contributed by atoms with Crippen molar-refractivity contribution in [2.45, 2.75) is 187 Å². The summed E-state index contributed by atoms with van der Waals surface area (Å²) in [6, 6.07) is 41.6. The Morgan fingerprint density at radius 1 is 0.522 bits per heavy atom. The summed E-state index contributed by atoms with van der Waals surface area (Å²) in [5.74, 6) is 4.21. The predicted octanol–water partition coefficient (Wildman–Crippen LogP) is 14.5. The molecule has 6 heteroatoms. The number of fused-ring (bicyclic) bond motifs is 5. The molecule has 4 aliphatic carbocycles. The van der Waals surface area contributed by atoms with Crippen molar-refractivity contribution >= 4 is 0 Å². The normalized spacial score (nSPS) is 33.7. The smallest absolute Gasteiger partial charge is 0.187 e. The van der Waals surface area contributed by atoms with Gasteiger partial charge in [0.05, 0.1) is 39.1 Å². The minimum absolute atomic E-state index is 0.0759. The molecule has 0 aromatic heterocycles. The average Bonchev–Trinajstić information content (AvgIpc) is 3.70. The highest BCUT2D eigenvalue weighted by Crippen LogP contribution is 2.68. The lowest BCUT2D eigenvalue weighted by Crippen LogP contribution is -2.62. The van der Waals surface area contributed by atoms with Crippen LogP contribution in [-0.2, 0) is 54.8 Å². The molecule has 5 aliphatic rings. The Balaban J connectivity index is 0.932. The van der Waals surface area contributed by atoms with Crippen LogP contribution in [0, 0.1) is 40.4 Å². The van der Waals surface area contributed by atoms with Gasteiger partial charge in [-0.1, -0.05) is 181 Å². The van der Waals surface area contributed by atoms with Gasteiger partial charge in [-0.15, -0.1) is 0 Å². The van der Waals surface area contributed by atoms with Gasteiger partial charge in [-0.2, -0.15) is 0 Å². The fourth-order valence-electron chi connectivity index (χ4n) is 14.1. The predicted molar refractivity (Wildman–Crippen MR) is 268 cm³/mol. The Bertz CT molecular complexity index is 2030. The van der Waals surface area contributed by atoms with Gasteiger partial charge in [0.25, 0.3) is 0 Å². The molecule has 1 saturated heterocycles. The van der Waals surface area contributed by atoms with Crippen LogP contribution in [0.5, 0.6) is 0 Å². The summed E-state index contributed by atoms with van der Waals surface area (Å²) in [5, 5.41) is 0. The van der Waals surface area contributed by atoms with E-state index in [4.69, 9.17) is 28.4 Å². The summed E-state index contributed by atoms with van der Waals surface area (Å²) in [4.78, 5) is 0. The molecule has 4 saturated carbocycles. The summed E-state index contributed by atoms with van der Waals surface area (Å²) in [7, 11) is 0. The number of ether oxygens (including phenoxy) is 6. The Morgan fingerprint density at radius 2 is 1.06 bits per heavy atom. The molecule has 8 unspecified atom stereocenters. The standard InChI is InChI=1S/C61H82O6/c1-4-5-6-7-8-21-30-49-32-34-53-52-33-31-50-39-51(35-37-61(50,3)54(52)36-38-60(49,53)2)66-59-58(65-43-48-28-19-12-20-29-48)57(64-42-47-26-17-11-18-27-47)56(63-41-46-24-15-10-16-25-46)55(67-59)44-62-40-45-22-13-9-14-23-45/h9-20,22-29,49-59H,4-8,21,30-44H2,1-3H3/t49-,50?,51?,52?,53?,54?,55?,56-,57-,58?,59?,60+,61-/m0/s1. The van der Waals surface area contributed by atoms with Crippen molar-refractivity contribution in [3.05, 3.63) is 144 Å². The molecule has 1 aliphatic heterocycles. The zero-order valence-electron chi connectivity index (χ0n) is 41.2. The van der Waals surface area contributed by atoms with Crippen molar-refractivity contribution in [1.82, 2.24) is 0 Å². The first-order valence-electron chi connectivity index (χ1n) is 26.8. The molecule has 362 valence electrons. The Labute approximate surface area is 404 Å². The highest BCUT2D eigenvalue weighted by atomic mass is 16.7. The van der Waals surface area contributed by atoms with Crippen LogP contribution in [0.4, 0.5) is 0 Å². The average molecular weight is 911 g/mol. The lowest BCUT2D eigenvalue weighted by molar-refractivity contribution is -0.340. The van der Waals surface area contributed by atoms with Crippen LogP contribution in [0.3, 0.4) is 0 Å². The lowest BCUT2D eigenvalue weighted by atomic mass is 9.44. The van der Waals surface area contributed by atoms with Gasteiger partial charge < -0.3 is 28.4 Å². The molecule has 0 amide bonds. The van der Waals surface area contributed by atoms with Crippen LogP contribution in [0.2, 0.25) is 0 Å². The van der Waals surface area contributed by atoms with Gasteiger partial charge in [0.15, 0.2) is 6.29 Å². The topological polar surface area (TPSA) is 55.4 Å². The van der Waals surface area contributed by atoms with Crippen molar-refractivity contribution in [3.63, 3.8) is 0 Å². The van der Waals surface area contributed by atoms with E-state index < -0.39 is 30.7 Å². The van der Waals surface area contributed by atoms with E-state index in [1.165, 1.54) is 89.9 Å². The van der Waals surface area contributed by atoms with E-state index in [1.807, 2.05) is 18.2 Å².